The lowest BCUT2D eigenvalue weighted by atomic mass is 10.1. The first kappa shape index (κ1) is 23.0. The molecule has 0 radical (unpaired) electrons. The molecular formula is C26H25N3O5. The highest BCUT2D eigenvalue weighted by molar-refractivity contribution is 6.36. The van der Waals surface area contributed by atoms with Crippen LogP contribution in [0.25, 0.3) is 11.6 Å². The molecule has 34 heavy (non-hydrogen) atoms. The van der Waals surface area contributed by atoms with Crippen molar-refractivity contribution in [2.24, 2.45) is 0 Å². The van der Waals surface area contributed by atoms with E-state index in [1.165, 1.54) is 4.90 Å². The number of aryl methyl sites for hydroxylation is 1. The van der Waals surface area contributed by atoms with Gasteiger partial charge in [0.25, 0.3) is 5.91 Å². The summed E-state index contributed by atoms with van der Waals surface area (Å²) in [6.45, 7) is 2.16. The molecule has 0 spiro atoms. The van der Waals surface area contributed by atoms with E-state index in [9.17, 15) is 19.5 Å². The van der Waals surface area contributed by atoms with Crippen molar-refractivity contribution < 1.29 is 24.6 Å². The SMILES string of the molecule is CCCCc1ncc(C=C2C(=O)N(CC(=O)O)c3ccccc32)n1Cc1ccc(C(=O)O)cc1. The van der Waals surface area contributed by atoms with E-state index >= 15 is 0 Å². The first-order valence-corrected chi connectivity index (χ1v) is 11.1. The number of rotatable bonds is 9. The number of benzene rings is 2. The second kappa shape index (κ2) is 9.74. The van der Waals surface area contributed by atoms with E-state index in [1.807, 2.05) is 16.7 Å². The third-order valence-electron chi connectivity index (χ3n) is 5.81. The largest absolute Gasteiger partial charge is 0.480 e. The Hall–Kier alpha value is -4.20. The Balaban J connectivity index is 1.74. The highest BCUT2D eigenvalue weighted by Crippen LogP contribution is 2.37. The molecule has 1 aromatic heterocycles. The van der Waals surface area contributed by atoms with Crippen molar-refractivity contribution in [1.82, 2.24) is 9.55 Å². The van der Waals surface area contributed by atoms with Crippen LogP contribution < -0.4 is 4.90 Å². The van der Waals surface area contributed by atoms with Crippen molar-refractivity contribution in [1.29, 1.82) is 0 Å². The molecule has 1 amide bonds. The Morgan fingerprint density at radius 1 is 1.06 bits per heavy atom. The highest BCUT2D eigenvalue weighted by atomic mass is 16.4. The number of aromatic carboxylic acids is 1. The van der Waals surface area contributed by atoms with Gasteiger partial charge in [0, 0.05) is 18.5 Å². The summed E-state index contributed by atoms with van der Waals surface area (Å²) in [6, 6.07) is 13.8. The molecule has 0 unspecified atom stereocenters. The van der Waals surface area contributed by atoms with E-state index < -0.39 is 18.5 Å². The molecule has 174 valence electrons. The molecule has 8 heteroatoms. The number of carbonyl (C=O) groups excluding carboxylic acids is 1. The zero-order valence-electron chi connectivity index (χ0n) is 18.8. The van der Waals surface area contributed by atoms with Gasteiger partial charge in [0.05, 0.1) is 28.7 Å². The van der Waals surface area contributed by atoms with Gasteiger partial charge in [0.2, 0.25) is 0 Å². The van der Waals surface area contributed by atoms with Crippen molar-refractivity contribution in [3.05, 3.63) is 82.9 Å². The number of fused-ring (bicyclic) bond motifs is 1. The van der Waals surface area contributed by atoms with Gasteiger partial charge in [0.1, 0.15) is 12.4 Å². The normalized spacial score (nSPS) is 14.0. The van der Waals surface area contributed by atoms with Crippen LogP contribution in [-0.4, -0.2) is 44.2 Å². The summed E-state index contributed by atoms with van der Waals surface area (Å²) in [5.74, 6) is -1.55. The molecule has 0 bridgehead atoms. The van der Waals surface area contributed by atoms with E-state index in [2.05, 4.69) is 11.9 Å². The van der Waals surface area contributed by atoms with E-state index in [-0.39, 0.29) is 11.5 Å². The fourth-order valence-corrected chi connectivity index (χ4v) is 4.08. The van der Waals surface area contributed by atoms with Gasteiger partial charge in [-0.25, -0.2) is 9.78 Å². The van der Waals surface area contributed by atoms with Crippen LogP contribution in [-0.2, 0) is 22.6 Å². The average Bonchev–Trinajstić information content (AvgIpc) is 3.31. The lowest BCUT2D eigenvalue weighted by molar-refractivity contribution is -0.136. The number of carboxylic acid groups (broad SMARTS) is 2. The Morgan fingerprint density at radius 3 is 2.47 bits per heavy atom. The van der Waals surface area contributed by atoms with Crippen molar-refractivity contribution in [2.45, 2.75) is 32.7 Å². The zero-order chi connectivity index (χ0) is 24.2. The molecule has 4 rings (SSSR count). The number of nitrogens with zero attached hydrogens (tertiary/aromatic N) is 3. The molecular weight excluding hydrogens is 434 g/mol. The summed E-state index contributed by atoms with van der Waals surface area (Å²) in [5.41, 5.74) is 3.52. The Labute approximate surface area is 196 Å². The number of hydrogen-bond acceptors (Lipinski definition) is 4. The average molecular weight is 460 g/mol. The first-order valence-electron chi connectivity index (χ1n) is 11.1. The number of amides is 1. The maximum absolute atomic E-state index is 13.2. The minimum Gasteiger partial charge on any atom is -0.480 e. The third kappa shape index (κ3) is 4.61. The summed E-state index contributed by atoms with van der Waals surface area (Å²) in [6.07, 6.45) is 6.21. The summed E-state index contributed by atoms with van der Waals surface area (Å²) in [4.78, 5) is 41.5. The van der Waals surface area contributed by atoms with Gasteiger partial charge in [-0.05, 0) is 36.3 Å². The van der Waals surface area contributed by atoms with Gasteiger partial charge >= 0.3 is 11.9 Å². The van der Waals surface area contributed by atoms with Crippen LogP contribution in [0, 0.1) is 0 Å². The molecule has 0 saturated carbocycles. The monoisotopic (exact) mass is 459 g/mol. The second-order valence-electron chi connectivity index (χ2n) is 8.15. The molecule has 2 aromatic carbocycles. The van der Waals surface area contributed by atoms with Crippen LogP contribution in [0.15, 0.2) is 54.7 Å². The minimum atomic E-state index is -1.08. The zero-order valence-corrected chi connectivity index (χ0v) is 18.8. The number of anilines is 1. The predicted octanol–water partition coefficient (Wildman–Crippen LogP) is 3.94. The molecule has 0 aliphatic carbocycles. The van der Waals surface area contributed by atoms with Crippen LogP contribution in [0.4, 0.5) is 5.69 Å². The molecule has 1 aliphatic rings. The van der Waals surface area contributed by atoms with Gasteiger partial charge in [-0.2, -0.15) is 0 Å². The Bertz CT molecular complexity index is 1270. The fourth-order valence-electron chi connectivity index (χ4n) is 4.08. The Kier molecular flexibility index (Phi) is 6.58. The van der Waals surface area contributed by atoms with Crippen LogP contribution >= 0.6 is 0 Å². The van der Waals surface area contributed by atoms with E-state index in [1.54, 1.807) is 48.7 Å². The topological polar surface area (TPSA) is 113 Å². The van der Waals surface area contributed by atoms with Crippen LogP contribution in [0.1, 0.15) is 52.8 Å². The van der Waals surface area contributed by atoms with Gasteiger partial charge in [-0.15, -0.1) is 0 Å². The smallest absolute Gasteiger partial charge is 0.335 e. The van der Waals surface area contributed by atoms with Crippen molar-refractivity contribution in [2.75, 3.05) is 11.4 Å². The van der Waals surface area contributed by atoms with Gasteiger partial charge in [0.15, 0.2) is 0 Å². The summed E-state index contributed by atoms with van der Waals surface area (Å²) in [7, 11) is 0. The number of carboxylic acids is 2. The standard InChI is InChI=1S/C26H25N3O5/c1-2-3-8-23-27-14-19(28(23)15-17-9-11-18(12-10-17)26(33)34)13-21-20-6-4-5-7-22(20)29(25(21)32)16-24(30)31/h4-7,9-14H,2-3,8,15-16H2,1H3,(H,30,31)(H,33,34). The maximum Gasteiger partial charge on any atom is 0.335 e. The molecule has 3 aromatic rings. The van der Waals surface area contributed by atoms with Gasteiger partial charge < -0.3 is 14.8 Å². The van der Waals surface area contributed by atoms with Crippen LogP contribution in [0.3, 0.4) is 0 Å². The third-order valence-corrected chi connectivity index (χ3v) is 5.81. The number of hydrogen-bond donors (Lipinski definition) is 2. The van der Waals surface area contributed by atoms with Gasteiger partial charge in [-0.1, -0.05) is 43.7 Å². The summed E-state index contributed by atoms with van der Waals surface area (Å²) >= 11 is 0. The van der Waals surface area contributed by atoms with E-state index in [0.717, 1.165) is 36.3 Å². The fraction of sp³-hybridized carbons (Fsp3) is 0.231. The second-order valence-corrected chi connectivity index (χ2v) is 8.15. The number of imidazole rings is 1. The van der Waals surface area contributed by atoms with Crippen LogP contribution in [0.2, 0.25) is 0 Å². The summed E-state index contributed by atoms with van der Waals surface area (Å²) in [5, 5.41) is 18.4. The molecule has 2 N–H and O–H groups in total. The van der Waals surface area contributed by atoms with E-state index in [0.29, 0.717) is 23.4 Å². The first-order chi connectivity index (χ1) is 16.4. The van der Waals surface area contributed by atoms with Crippen LogP contribution in [0.5, 0.6) is 0 Å². The molecule has 1 aliphatic heterocycles. The van der Waals surface area contributed by atoms with Crippen molar-refractivity contribution >= 4 is 35.2 Å². The molecule has 8 nitrogen and oxygen atoms in total. The maximum atomic E-state index is 13.2. The van der Waals surface area contributed by atoms with Gasteiger partial charge in [-0.3, -0.25) is 14.5 Å². The van der Waals surface area contributed by atoms with Crippen molar-refractivity contribution in [3.63, 3.8) is 0 Å². The predicted molar refractivity (Wildman–Crippen MR) is 128 cm³/mol. The van der Waals surface area contributed by atoms with Crippen molar-refractivity contribution in [3.8, 4) is 0 Å². The summed E-state index contributed by atoms with van der Waals surface area (Å²) < 4.78 is 2.02. The number of aliphatic carboxylic acids is 1. The molecule has 0 fully saturated rings. The quantitative estimate of drug-likeness (QED) is 0.469. The number of unbranched alkanes of at least 4 members (excludes halogenated alkanes) is 1. The molecule has 0 saturated heterocycles. The molecule has 2 heterocycles. The molecule has 0 atom stereocenters. The lowest BCUT2D eigenvalue weighted by Crippen LogP contribution is -2.32. The minimum absolute atomic E-state index is 0.217. The highest BCUT2D eigenvalue weighted by Gasteiger charge is 2.33. The Morgan fingerprint density at radius 2 is 1.79 bits per heavy atom. The number of aromatic nitrogens is 2. The van der Waals surface area contributed by atoms with E-state index in [4.69, 9.17) is 5.11 Å². The number of para-hydroxylation sites is 1. The lowest BCUT2D eigenvalue weighted by Gasteiger charge is -2.13. The number of carbonyl (C=O) groups is 3.